The number of aromatic hydroxyl groups is 1. The Morgan fingerprint density at radius 2 is 0.898 bits per heavy atom. The van der Waals surface area contributed by atoms with Crippen molar-refractivity contribution in [3.8, 4) is 5.75 Å². The number of phenolic OH excluding ortho intramolecular Hbond substituents is 1. The number of fused-ring (bicyclic) bond motifs is 1. The largest absolute Gasteiger partial charge is 0.508 e. The van der Waals surface area contributed by atoms with Gasteiger partial charge < -0.3 is 107 Å². The average molecular weight is 1530 g/mol. The third kappa shape index (κ3) is 28.6. The van der Waals surface area contributed by atoms with Gasteiger partial charge in [0.05, 0.1) is 31.2 Å². The highest BCUT2D eigenvalue weighted by atomic mass is 32.1. The lowest BCUT2D eigenvalue weighted by Gasteiger charge is -2.28. The standard InChI is InChI=1S/C71H96N22O13S2/c1-39(2)59(93-60(97)47(72)27-42-21-23-45(94)24-22-42)69(106)92-55(36-107)62(99)83-35-58(96)85-54(31-44-33-78-38-84-44)67(104)89-52(29-41-15-7-4-8-16-41)65(102)86-49(19-11-25-79-70(74)75)64(101)90-53(30-43-32-81-48-18-10-9-17-46(43)48)66(103)91-56(37-108)68(105)87-50(20-12-26-80-71(76)77)63(100)88-51(61(98)82-34-57(73)95)28-40-13-5-3-6-14-40/h3-10,13-18,21-24,32-33,38-39,47,49-56,59,81,94,107-108H,11-12,19-20,25-31,34-37,72H2,1-2H3,(H2,73,95)(H,78,84)(H,82,98)(H,83,99)(H,85,96)(H,86,102)(H,87,105)(H,88,100)(H,89,104)(H,90,101)(H,91,103)(H,92,106)(H,93,97)(H4,74,75,79)(H4,76,77,80)/t47-,49-,50-,51-,52-,53-,54-,55-,56-,59-/m0/s1. The number of guanidine groups is 2. The Bertz CT molecular complexity index is 4040. The Hall–Kier alpha value is -11.7. The molecule has 0 spiro atoms. The molecule has 0 aliphatic carbocycles. The molecule has 0 unspecified atom stereocenters. The molecule has 0 aliphatic rings. The van der Waals surface area contributed by atoms with Crippen LogP contribution in [0, 0.1) is 16.7 Å². The monoisotopic (exact) mass is 1530 g/mol. The zero-order valence-electron chi connectivity index (χ0n) is 59.6. The van der Waals surface area contributed by atoms with Crippen LogP contribution in [-0.4, -0.2) is 201 Å². The summed E-state index contributed by atoms with van der Waals surface area (Å²) in [5.41, 5.74) is 25.9. The summed E-state index contributed by atoms with van der Waals surface area (Å²) in [5, 5.41) is 59.8. The van der Waals surface area contributed by atoms with Gasteiger partial charge in [0.1, 0.15) is 60.1 Å². The molecule has 4 aromatic carbocycles. The number of thiol groups is 2. The smallest absolute Gasteiger partial charge is 0.244 e. The molecule has 6 rings (SSSR count). The molecule has 35 nitrogen and oxygen atoms in total. The van der Waals surface area contributed by atoms with Gasteiger partial charge in [-0.3, -0.25) is 68.4 Å². The summed E-state index contributed by atoms with van der Waals surface area (Å²) in [6.07, 6.45) is 3.72. The molecule has 12 amide bonds. The Morgan fingerprint density at radius 3 is 1.41 bits per heavy atom. The average Bonchev–Trinajstić information content (AvgIpc) is 1.64. The lowest BCUT2D eigenvalue weighted by atomic mass is 10.0. The molecular weight excluding hydrogens is 1430 g/mol. The van der Waals surface area contributed by atoms with Gasteiger partial charge in [0.25, 0.3) is 0 Å². The number of phenols is 1. The SMILES string of the molecule is CC(C)[C@H](NC(=O)[C@@H](N)Cc1ccc(O)cc1)C(=O)N[C@@H](CS)C(=O)NCC(=O)N[C@@H](Cc1c[nH]cn1)C(=O)N[C@@H](Cc1ccccc1)C(=O)N[C@@H](CCCNC(=N)N)C(=O)N[C@@H](Cc1c[nH]c2ccccc12)C(=O)N[C@@H](CS)C(=O)N[C@@H](CCCNC(=N)N)C(=O)N[C@@H](Cc1ccccc1)C(=O)NCC(N)=O. The van der Waals surface area contributed by atoms with E-state index in [0.29, 0.717) is 33.2 Å². The quantitative estimate of drug-likeness (QED) is 0.00766. The van der Waals surface area contributed by atoms with Crippen molar-refractivity contribution in [1.29, 1.82) is 10.8 Å². The van der Waals surface area contributed by atoms with Crippen LogP contribution in [0.15, 0.2) is 128 Å². The van der Waals surface area contributed by atoms with Gasteiger partial charge in [-0.05, 0) is 78.5 Å². The molecular formula is C71H96N22O13S2. The first-order valence-corrected chi connectivity index (χ1v) is 36.0. The molecule has 2 heterocycles. The summed E-state index contributed by atoms with van der Waals surface area (Å²) in [5.74, 6) is -12.1. The minimum Gasteiger partial charge on any atom is -0.508 e. The van der Waals surface area contributed by atoms with Crippen LogP contribution < -0.4 is 92.1 Å². The molecule has 0 saturated heterocycles. The minimum absolute atomic E-state index is 0.0248. The molecule has 0 fully saturated rings. The van der Waals surface area contributed by atoms with Crippen molar-refractivity contribution in [3.63, 3.8) is 0 Å². The summed E-state index contributed by atoms with van der Waals surface area (Å²) in [6, 6.07) is 16.4. The van der Waals surface area contributed by atoms with Crippen molar-refractivity contribution in [2.45, 2.75) is 132 Å². The fraction of sp³-hybridized carbons (Fsp3) is 0.394. The third-order valence-corrected chi connectivity index (χ3v) is 17.6. The number of amides is 12. The Morgan fingerprint density at radius 1 is 0.463 bits per heavy atom. The number of hydrogen-bond donors (Lipinski definition) is 24. The number of rotatable bonds is 44. The number of hydrogen-bond acceptors (Lipinski definition) is 19. The van der Waals surface area contributed by atoms with Gasteiger partial charge in [-0.1, -0.05) is 105 Å². The van der Waals surface area contributed by atoms with E-state index in [-0.39, 0.29) is 99.8 Å². The van der Waals surface area contributed by atoms with E-state index in [4.69, 9.17) is 33.8 Å². The summed E-state index contributed by atoms with van der Waals surface area (Å²) in [6.45, 7) is 2.15. The van der Waals surface area contributed by atoms with Crippen molar-refractivity contribution in [1.82, 2.24) is 84.1 Å². The first-order chi connectivity index (χ1) is 51.6. The fourth-order valence-corrected chi connectivity index (χ4v) is 11.7. The molecule has 0 saturated carbocycles. The number of imidazole rings is 1. The van der Waals surface area contributed by atoms with Crippen molar-refractivity contribution in [3.05, 3.63) is 156 Å². The Labute approximate surface area is 633 Å². The molecule has 26 N–H and O–H groups in total. The summed E-state index contributed by atoms with van der Waals surface area (Å²) < 4.78 is 0. The predicted octanol–water partition coefficient (Wildman–Crippen LogP) is -3.44. The zero-order valence-corrected chi connectivity index (χ0v) is 61.4. The van der Waals surface area contributed by atoms with E-state index in [1.54, 1.807) is 117 Å². The van der Waals surface area contributed by atoms with Gasteiger partial charge in [0, 0.05) is 73.6 Å². The van der Waals surface area contributed by atoms with Gasteiger partial charge in [0.15, 0.2) is 11.9 Å². The molecule has 10 atom stereocenters. The Kier molecular flexibility index (Phi) is 34.4. The molecule has 0 aliphatic heterocycles. The highest BCUT2D eigenvalue weighted by Gasteiger charge is 2.36. The van der Waals surface area contributed by atoms with E-state index >= 15 is 9.59 Å². The number of primary amides is 1. The number of H-pyrrole nitrogens is 2. The first-order valence-electron chi connectivity index (χ1n) is 34.7. The lowest BCUT2D eigenvalue weighted by Crippen LogP contribution is -2.61. The molecule has 6 aromatic rings. The van der Waals surface area contributed by atoms with E-state index in [1.807, 2.05) is 0 Å². The molecule has 580 valence electrons. The van der Waals surface area contributed by atoms with Gasteiger partial charge in [-0.2, -0.15) is 25.3 Å². The van der Waals surface area contributed by atoms with E-state index in [0.717, 1.165) is 0 Å². The number of benzene rings is 4. The number of carbonyl (C=O) groups excluding carboxylic acids is 12. The normalized spacial score (nSPS) is 13.8. The number of carbonyl (C=O) groups is 12. The second kappa shape index (κ2) is 43.7. The minimum atomic E-state index is -1.54. The van der Waals surface area contributed by atoms with Crippen molar-refractivity contribution >= 4 is 119 Å². The number of para-hydroxylation sites is 1. The lowest BCUT2D eigenvalue weighted by molar-refractivity contribution is -0.135. The number of aromatic amines is 2. The van der Waals surface area contributed by atoms with Gasteiger partial charge in [-0.15, -0.1) is 0 Å². The highest BCUT2D eigenvalue weighted by Crippen LogP contribution is 2.21. The van der Waals surface area contributed by atoms with Crippen LogP contribution in [0.1, 0.15) is 67.5 Å². The van der Waals surface area contributed by atoms with Crippen LogP contribution in [0.5, 0.6) is 5.75 Å². The number of aromatic nitrogens is 3. The first kappa shape index (κ1) is 85.2. The maximum absolute atomic E-state index is 15.1. The molecule has 37 heteroatoms. The Balaban J connectivity index is 1.22. The molecule has 108 heavy (non-hydrogen) atoms. The van der Waals surface area contributed by atoms with E-state index in [1.165, 1.54) is 24.7 Å². The van der Waals surface area contributed by atoms with Gasteiger partial charge in [0.2, 0.25) is 70.9 Å². The van der Waals surface area contributed by atoms with Crippen LogP contribution in [-0.2, 0) is 89.6 Å². The topological polar surface area (TPSA) is 578 Å². The fourth-order valence-electron chi connectivity index (χ4n) is 11.2. The highest BCUT2D eigenvalue weighted by molar-refractivity contribution is 7.80. The zero-order chi connectivity index (χ0) is 78.8. The summed E-state index contributed by atoms with van der Waals surface area (Å²) >= 11 is 8.67. The van der Waals surface area contributed by atoms with Crippen molar-refractivity contribution in [2.75, 3.05) is 37.7 Å². The second-order valence-corrected chi connectivity index (χ2v) is 26.4. The van der Waals surface area contributed by atoms with E-state index in [9.17, 15) is 53.1 Å². The maximum atomic E-state index is 15.1. The number of nitrogens with zero attached hydrogens (tertiary/aromatic N) is 1. The number of nitrogens with two attached hydrogens (primary N) is 4. The summed E-state index contributed by atoms with van der Waals surface area (Å²) in [4.78, 5) is 178. The predicted molar refractivity (Wildman–Crippen MR) is 408 cm³/mol. The van der Waals surface area contributed by atoms with Crippen LogP contribution in [0.3, 0.4) is 0 Å². The second-order valence-electron chi connectivity index (χ2n) is 25.7. The molecule has 2 aromatic heterocycles. The maximum Gasteiger partial charge on any atom is 0.244 e. The van der Waals surface area contributed by atoms with Crippen molar-refractivity contribution < 1.29 is 62.6 Å². The van der Waals surface area contributed by atoms with Crippen molar-refractivity contribution in [2.24, 2.45) is 28.9 Å². The summed E-state index contributed by atoms with van der Waals surface area (Å²) in [7, 11) is 0. The van der Waals surface area contributed by atoms with Crippen LogP contribution in [0.4, 0.5) is 0 Å². The van der Waals surface area contributed by atoms with Crippen LogP contribution in [0.2, 0.25) is 0 Å². The van der Waals surface area contributed by atoms with Crippen LogP contribution >= 0.6 is 25.3 Å². The third-order valence-electron chi connectivity index (χ3n) is 16.9. The molecule has 0 radical (unpaired) electrons. The van der Waals surface area contributed by atoms with E-state index < -0.39 is 156 Å². The molecule has 0 bridgehead atoms. The van der Waals surface area contributed by atoms with Gasteiger partial charge in [-0.25, -0.2) is 4.98 Å². The van der Waals surface area contributed by atoms with Gasteiger partial charge >= 0.3 is 0 Å². The van der Waals surface area contributed by atoms with E-state index in [2.05, 4.69) is 109 Å². The van der Waals surface area contributed by atoms with Crippen LogP contribution in [0.25, 0.3) is 10.9 Å². The number of nitrogens with one attached hydrogen (secondary N) is 17.